The predicted octanol–water partition coefficient (Wildman–Crippen LogP) is 3.87. The number of hydrogen-bond donors (Lipinski definition) is 7. The lowest BCUT2D eigenvalue weighted by Gasteiger charge is -2.42. The summed E-state index contributed by atoms with van der Waals surface area (Å²) in [5, 5.41) is 71.7. The van der Waals surface area contributed by atoms with Gasteiger partial charge in [-0.1, -0.05) is 109 Å². The minimum Gasteiger partial charge on any atom is -0.462 e. The first kappa shape index (κ1) is 51.4. The maximum absolute atomic E-state index is 12.9. The molecule has 57 heavy (non-hydrogen) atoms. The first-order valence-corrected chi connectivity index (χ1v) is 21.8. The van der Waals surface area contributed by atoms with Crippen LogP contribution in [0.4, 0.5) is 0 Å². The normalized spacial score (nSPS) is 28.4. The number of allylic oxidation sites excluding steroid dienone is 2. The minimum atomic E-state index is -1.76. The van der Waals surface area contributed by atoms with Crippen LogP contribution in [0.15, 0.2) is 12.2 Å². The molecule has 0 aromatic rings. The topological polar surface area (TPSA) is 231 Å². The molecule has 2 heterocycles. The summed E-state index contributed by atoms with van der Waals surface area (Å²) in [7, 11) is 0. The molecule has 0 aromatic heterocycles. The van der Waals surface area contributed by atoms with E-state index in [1.807, 2.05) is 0 Å². The molecule has 2 fully saturated rings. The molecule has 0 aliphatic carbocycles. The quantitative estimate of drug-likeness (QED) is 0.0290. The molecule has 334 valence electrons. The van der Waals surface area contributed by atoms with Crippen molar-refractivity contribution >= 4 is 11.9 Å². The predicted molar refractivity (Wildman–Crippen MR) is 211 cm³/mol. The van der Waals surface area contributed by atoms with Gasteiger partial charge in [-0.2, -0.15) is 0 Å². The van der Waals surface area contributed by atoms with Crippen molar-refractivity contribution in [1.82, 2.24) is 0 Å². The lowest BCUT2D eigenvalue weighted by Crippen LogP contribution is -2.61. The zero-order chi connectivity index (χ0) is 41.8. The van der Waals surface area contributed by atoms with Crippen molar-refractivity contribution in [2.75, 3.05) is 26.4 Å². The maximum atomic E-state index is 12.9. The molecule has 0 spiro atoms. The van der Waals surface area contributed by atoms with Crippen LogP contribution in [-0.4, -0.2) is 142 Å². The van der Waals surface area contributed by atoms with Gasteiger partial charge in [-0.25, -0.2) is 0 Å². The van der Waals surface area contributed by atoms with E-state index in [9.17, 15) is 45.3 Å². The summed E-state index contributed by atoms with van der Waals surface area (Å²) in [6.07, 6.45) is 8.45. The van der Waals surface area contributed by atoms with Gasteiger partial charge in [0.1, 0.15) is 55.4 Å². The number of aliphatic hydroxyl groups is 7. The summed E-state index contributed by atoms with van der Waals surface area (Å²) in [4.78, 5) is 25.5. The SMILES string of the molecule is CCCCC/C=C\CCCCCCCC(=O)OC(COC(=O)CCCCCCCCCCC)COC1OC(COC2OC(CO)C(O)C(O)C2O)C(O)C(O)C1O. The lowest BCUT2D eigenvalue weighted by molar-refractivity contribution is -0.332. The van der Waals surface area contributed by atoms with Gasteiger partial charge >= 0.3 is 11.9 Å². The van der Waals surface area contributed by atoms with Gasteiger partial charge in [0.25, 0.3) is 0 Å². The fraction of sp³-hybridized carbons (Fsp3) is 0.905. The van der Waals surface area contributed by atoms with Crippen LogP contribution >= 0.6 is 0 Å². The number of ether oxygens (including phenoxy) is 6. The molecule has 0 amide bonds. The number of rotatable bonds is 32. The molecule has 15 heteroatoms. The number of carbonyl (C=O) groups excluding carboxylic acids is 2. The van der Waals surface area contributed by atoms with Gasteiger partial charge in [-0.3, -0.25) is 9.59 Å². The molecule has 2 rings (SSSR count). The van der Waals surface area contributed by atoms with Crippen LogP contribution in [0.2, 0.25) is 0 Å². The van der Waals surface area contributed by atoms with Crippen LogP contribution in [0.1, 0.15) is 149 Å². The zero-order valence-corrected chi connectivity index (χ0v) is 34.6. The van der Waals surface area contributed by atoms with Crippen molar-refractivity contribution in [2.45, 2.75) is 216 Å². The second kappa shape index (κ2) is 31.2. The molecule has 0 saturated carbocycles. The summed E-state index contributed by atoms with van der Waals surface area (Å²) < 4.78 is 33.3. The fourth-order valence-corrected chi connectivity index (χ4v) is 6.80. The van der Waals surface area contributed by atoms with Crippen LogP contribution < -0.4 is 0 Å². The Balaban J connectivity index is 1.88. The van der Waals surface area contributed by atoms with Gasteiger partial charge in [0.2, 0.25) is 0 Å². The molecule has 2 aliphatic rings. The van der Waals surface area contributed by atoms with E-state index in [-0.39, 0.29) is 26.1 Å². The Morgan fingerprint density at radius 3 is 1.58 bits per heavy atom. The van der Waals surface area contributed by atoms with Crippen LogP contribution in [0, 0.1) is 0 Å². The molecule has 2 aliphatic heterocycles. The van der Waals surface area contributed by atoms with E-state index < -0.39 is 92.7 Å². The Bertz CT molecular complexity index is 1060. The third-order valence-electron chi connectivity index (χ3n) is 10.5. The van der Waals surface area contributed by atoms with E-state index >= 15 is 0 Å². The zero-order valence-electron chi connectivity index (χ0n) is 34.6. The number of carbonyl (C=O) groups is 2. The van der Waals surface area contributed by atoms with E-state index in [1.165, 1.54) is 51.4 Å². The Labute approximate surface area is 340 Å². The van der Waals surface area contributed by atoms with E-state index in [0.717, 1.165) is 57.8 Å². The van der Waals surface area contributed by atoms with Gasteiger partial charge in [0, 0.05) is 12.8 Å². The molecule has 0 aromatic carbocycles. The first-order valence-electron chi connectivity index (χ1n) is 21.8. The Hall–Kier alpha value is -1.76. The van der Waals surface area contributed by atoms with Crippen molar-refractivity contribution < 1.29 is 73.8 Å². The highest BCUT2D eigenvalue weighted by atomic mass is 16.7. The second-order valence-electron chi connectivity index (χ2n) is 15.5. The highest BCUT2D eigenvalue weighted by Gasteiger charge is 2.47. The third-order valence-corrected chi connectivity index (χ3v) is 10.5. The van der Waals surface area contributed by atoms with Crippen molar-refractivity contribution in [2.24, 2.45) is 0 Å². The van der Waals surface area contributed by atoms with Gasteiger partial charge in [0.15, 0.2) is 18.7 Å². The van der Waals surface area contributed by atoms with Crippen LogP contribution in [0.5, 0.6) is 0 Å². The first-order chi connectivity index (χ1) is 27.5. The second-order valence-corrected chi connectivity index (χ2v) is 15.5. The van der Waals surface area contributed by atoms with Crippen LogP contribution in [0.3, 0.4) is 0 Å². The lowest BCUT2D eigenvalue weighted by atomic mass is 9.98. The molecule has 11 atom stereocenters. The summed E-state index contributed by atoms with van der Waals surface area (Å²) in [6, 6.07) is 0. The molecular weight excluding hydrogens is 744 g/mol. The van der Waals surface area contributed by atoms with Crippen molar-refractivity contribution in [1.29, 1.82) is 0 Å². The monoisotopic (exact) mass is 821 g/mol. The number of hydrogen-bond acceptors (Lipinski definition) is 15. The summed E-state index contributed by atoms with van der Waals surface area (Å²) in [6.45, 7) is 2.50. The number of esters is 2. The molecule has 11 unspecified atom stereocenters. The average molecular weight is 821 g/mol. The molecular formula is C42H76O15. The number of aliphatic hydroxyl groups excluding tert-OH is 7. The van der Waals surface area contributed by atoms with E-state index in [4.69, 9.17) is 28.4 Å². The van der Waals surface area contributed by atoms with Crippen molar-refractivity contribution in [3.05, 3.63) is 12.2 Å². The summed E-state index contributed by atoms with van der Waals surface area (Å²) in [5.74, 6) is -0.937. The smallest absolute Gasteiger partial charge is 0.306 e. The van der Waals surface area contributed by atoms with E-state index in [1.54, 1.807) is 0 Å². The molecule has 2 saturated heterocycles. The van der Waals surface area contributed by atoms with Crippen molar-refractivity contribution in [3.8, 4) is 0 Å². The average Bonchev–Trinajstić information content (AvgIpc) is 3.20. The summed E-state index contributed by atoms with van der Waals surface area (Å²) in [5.41, 5.74) is 0. The van der Waals surface area contributed by atoms with E-state index in [2.05, 4.69) is 26.0 Å². The third kappa shape index (κ3) is 20.9. The fourth-order valence-electron chi connectivity index (χ4n) is 6.80. The van der Waals surface area contributed by atoms with Crippen LogP contribution in [-0.2, 0) is 38.0 Å². The largest absolute Gasteiger partial charge is 0.462 e. The Morgan fingerprint density at radius 2 is 1.00 bits per heavy atom. The Morgan fingerprint density at radius 1 is 0.544 bits per heavy atom. The van der Waals surface area contributed by atoms with Gasteiger partial charge < -0.3 is 64.2 Å². The number of unbranched alkanes of at least 4 members (excludes halogenated alkanes) is 16. The Kier molecular flexibility index (Phi) is 28.1. The highest BCUT2D eigenvalue weighted by molar-refractivity contribution is 5.70. The van der Waals surface area contributed by atoms with Crippen molar-refractivity contribution in [3.63, 3.8) is 0 Å². The molecule has 15 nitrogen and oxygen atoms in total. The summed E-state index contributed by atoms with van der Waals surface area (Å²) >= 11 is 0. The molecule has 0 radical (unpaired) electrons. The maximum Gasteiger partial charge on any atom is 0.306 e. The van der Waals surface area contributed by atoms with E-state index in [0.29, 0.717) is 12.8 Å². The van der Waals surface area contributed by atoms with Gasteiger partial charge in [0.05, 0.1) is 19.8 Å². The highest BCUT2D eigenvalue weighted by Crippen LogP contribution is 2.26. The van der Waals surface area contributed by atoms with Crippen LogP contribution in [0.25, 0.3) is 0 Å². The standard InChI is InChI=1S/C42H76O15/c1-3-5-7-9-11-13-14-15-17-19-21-23-25-34(45)55-30(27-52-33(44)24-22-20-18-16-12-10-8-6-4-2)28-53-41-40(51)38(49)36(47)32(57-41)29-54-42-39(50)37(48)35(46)31(26-43)56-42/h11,13,30-32,35-43,46-51H,3-10,12,14-29H2,1-2H3/b13-11-. The van der Waals surface area contributed by atoms with Gasteiger partial charge in [-0.05, 0) is 38.5 Å². The molecule has 7 N–H and O–H groups in total. The minimum absolute atomic E-state index is 0.158. The molecule has 0 bridgehead atoms. The van der Waals surface area contributed by atoms with Gasteiger partial charge in [-0.15, -0.1) is 0 Å².